The summed E-state index contributed by atoms with van der Waals surface area (Å²) in [5, 5.41) is 9.29. The van der Waals surface area contributed by atoms with E-state index < -0.39 is 0 Å². The first-order valence-corrected chi connectivity index (χ1v) is 12.3. The Balaban J connectivity index is 1.36. The van der Waals surface area contributed by atoms with Crippen LogP contribution in [0.1, 0.15) is 44.9 Å². The van der Waals surface area contributed by atoms with Crippen LogP contribution in [0.4, 0.5) is 5.82 Å². The van der Waals surface area contributed by atoms with Gasteiger partial charge in [-0.15, -0.1) is 0 Å². The summed E-state index contributed by atoms with van der Waals surface area (Å²) < 4.78 is 7.35. The number of nitrogens with zero attached hydrogens (tertiary/aromatic N) is 5. The van der Waals surface area contributed by atoms with Crippen molar-refractivity contribution in [3.8, 4) is 0 Å². The molecule has 1 saturated carbocycles. The Morgan fingerprint density at radius 2 is 2.03 bits per heavy atom. The molecule has 1 aliphatic carbocycles. The molecule has 2 fully saturated rings. The van der Waals surface area contributed by atoms with E-state index in [1.165, 1.54) is 43.9 Å². The van der Waals surface area contributed by atoms with Crippen LogP contribution in [0.2, 0.25) is 0 Å². The standard InChI is InChI=1S/C21H32N6O2S/c1-30-21-24-19(26-11-13-29-14-12-26)17-15-23-27(20(17)25-21)10-9-22-18(28)8-7-16-5-3-2-4-6-16/h15-16H,2-14H2,1H3,(H,22,28). The highest BCUT2D eigenvalue weighted by Gasteiger charge is 2.20. The molecule has 0 atom stereocenters. The van der Waals surface area contributed by atoms with Crippen molar-refractivity contribution in [3.05, 3.63) is 6.20 Å². The first-order valence-electron chi connectivity index (χ1n) is 11.1. The number of carbonyl (C=O) groups is 1. The lowest BCUT2D eigenvalue weighted by molar-refractivity contribution is -0.121. The summed E-state index contributed by atoms with van der Waals surface area (Å²) in [4.78, 5) is 23.9. The molecule has 1 amide bonds. The van der Waals surface area contributed by atoms with Gasteiger partial charge in [0.25, 0.3) is 0 Å². The van der Waals surface area contributed by atoms with E-state index in [1.54, 1.807) is 0 Å². The molecule has 9 heteroatoms. The third-order valence-electron chi connectivity index (χ3n) is 6.10. The fraction of sp³-hybridized carbons (Fsp3) is 0.714. The molecule has 1 saturated heterocycles. The van der Waals surface area contributed by atoms with Gasteiger partial charge in [-0.2, -0.15) is 5.10 Å². The average molecular weight is 433 g/mol. The molecule has 2 aromatic rings. The van der Waals surface area contributed by atoms with Gasteiger partial charge in [0.05, 0.1) is 31.3 Å². The number of aromatic nitrogens is 4. The minimum Gasteiger partial charge on any atom is -0.378 e. The van der Waals surface area contributed by atoms with Crippen LogP contribution in [0.15, 0.2) is 11.4 Å². The van der Waals surface area contributed by atoms with Gasteiger partial charge in [0.15, 0.2) is 10.8 Å². The van der Waals surface area contributed by atoms with E-state index in [9.17, 15) is 4.79 Å². The zero-order valence-electron chi connectivity index (χ0n) is 17.8. The van der Waals surface area contributed by atoms with E-state index in [-0.39, 0.29) is 5.91 Å². The summed E-state index contributed by atoms with van der Waals surface area (Å²) in [5.74, 6) is 1.81. The van der Waals surface area contributed by atoms with Crippen molar-refractivity contribution in [1.29, 1.82) is 0 Å². The molecule has 0 radical (unpaired) electrons. The molecule has 164 valence electrons. The molecule has 0 spiro atoms. The van der Waals surface area contributed by atoms with Crippen LogP contribution in [0.25, 0.3) is 11.0 Å². The summed E-state index contributed by atoms with van der Waals surface area (Å²) in [7, 11) is 0. The summed E-state index contributed by atoms with van der Waals surface area (Å²) in [6.45, 7) is 4.23. The SMILES string of the molecule is CSc1nc(N2CCOCC2)c2cnn(CCNC(=O)CCC3CCCCC3)c2n1. The Hall–Kier alpha value is -1.87. The van der Waals surface area contributed by atoms with Crippen LogP contribution in [0.3, 0.4) is 0 Å². The van der Waals surface area contributed by atoms with Gasteiger partial charge in [0.1, 0.15) is 5.82 Å². The summed E-state index contributed by atoms with van der Waals surface area (Å²) in [6.07, 6.45) is 12.1. The zero-order valence-corrected chi connectivity index (χ0v) is 18.6. The summed E-state index contributed by atoms with van der Waals surface area (Å²) in [5.41, 5.74) is 0.826. The number of thioether (sulfide) groups is 1. The number of anilines is 1. The van der Waals surface area contributed by atoms with Crippen LogP contribution in [-0.2, 0) is 16.1 Å². The topological polar surface area (TPSA) is 85.2 Å². The first kappa shape index (κ1) is 21.4. The molecule has 30 heavy (non-hydrogen) atoms. The normalized spacial score (nSPS) is 18.1. The number of hydrogen-bond acceptors (Lipinski definition) is 7. The smallest absolute Gasteiger partial charge is 0.220 e. The van der Waals surface area contributed by atoms with Gasteiger partial charge in [-0.1, -0.05) is 43.9 Å². The number of morpholine rings is 1. The highest BCUT2D eigenvalue weighted by molar-refractivity contribution is 7.98. The van der Waals surface area contributed by atoms with Crippen LogP contribution in [-0.4, -0.2) is 64.8 Å². The molecule has 0 bridgehead atoms. The van der Waals surface area contributed by atoms with E-state index in [2.05, 4.69) is 20.3 Å². The molecule has 4 rings (SSSR count). The van der Waals surface area contributed by atoms with Crippen molar-refractivity contribution < 1.29 is 9.53 Å². The van der Waals surface area contributed by atoms with E-state index in [0.29, 0.717) is 32.7 Å². The minimum absolute atomic E-state index is 0.144. The second-order valence-electron chi connectivity index (χ2n) is 8.13. The van der Waals surface area contributed by atoms with E-state index >= 15 is 0 Å². The van der Waals surface area contributed by atoms with Crippen molar-refractivity contribution in [3.63, 3.8) is 0 Å². The largest absolute Gasteiger partial charge is 0.378 e. The average Bonchev–Trinajstić information content (AvgIpc) is 3.21. The number of amides is 1. The number of hydrogen-bond donors (Lipinski definition) is 1. The fourth-order valence-corrected chi connectivity index (χ4v) is 4.75. The highest BCUT2D eigenvalue weighted by Crippen LogP contribution is 2.28. The third-order valence-corrected chi connectivity index (χ3v) is 6.65. The monoisotopic (exact) mass is 432 g/mol. The Bertz CT molecular complexity index is 845. The van der Waals surface area contributed by atoms with Gasteiger partial charge in [0.2, 0.25) is 5.91 Å². The summed E-state index contributed by atoms with van der Waals surface area (Å²) >= 11 is 1.53. The maximum absolute atomic E-state index is 12.3. The lowest BCUT2D eigenvalue weighted by Gasteiger charge is -2.28. The number of nitrogens with one attached hydrogen (secondary N) is 1. The van der Waals surface area contributed by atoms with Crippen molar-refractivity contribution in [1.82, 2.24) is 25.1 Å². The lowest BCUT2D eigenvalue weighted by atomic mass is 9.86. The Morgan fingerprint density at radius 3 is 2.80 bits per heavy atom. The molecule has 2 aliphatic rings. The molecule has 2 aromatic heterocycles. The predicted octanol–water partition coefficient (Wildman–Crippen LogP) is 2.86. The minimum atomic E-state index is 0.144. The van der Waals surface area contributed by atoms with Gasteiger partial charge in [-0.3, -0.25) is 4.79 Å². The van der Waals surface area contributed by atoms with Crippen molar-refractivity contribution in [2.75, 3.05) is 44.0 Å². The fourth-order valence-electron chi connectivity index (χ4n) is 4.39. The van der Waals surface area contributed by atoms with Gasteiger partial charge < -0.3 is 15.0 Å². The Morgan fingerprint density at radius 1 is 1.23 bits per heavy atom. The molecule has 1 aliphatic heterocycles. The van der Waals surface area contributed by atoms with Crippen LogP contribution in [0.5, 0.6) is 0 Å². The predicted molar refractivity (Wildman–Crippen MR) is 119 cm³/mol. The maximum atomic E-state index is 12.3. The lowest BCUT2D eigenvalue weighted by Crippen LogP contribution is -2.37. The van der Waals surface area contributed by atoms with Gasteiger partial charge in [0, 0.05) is 26.1 Å². The van der Waals surface area contributed by atoms with Crippen molar-refractivity contribution >= 4 is 34.5 Å². The Labute approximate surface area is 182 Å². The Kier molecular flexibility index (Phi) is 7.43. The van der Waals surface area contributed by atoms with Gasteiger partial charge in [-0.25, -0.2) is 14.6 Å². The molecule has 3 heterocycles. The van der Waals surface area contributed by atoms with Crippen LogP contribution >= 0.6 is 11.8 Å². The number of fused-ring (bicyclic) bond motifs is 1. The molecule has 8 nitrogen and oxygen atoms in total. The van der Waals surface area contributed by atoms with Gasteiger partial charge >= 0.3 is 0 Å². The number of carbonyl (C=O) groups excluding carboxylic acids is 1. The third kappa shape index (κ3) is 5.24. The molecule has 0 aromatic carbocycles. The maximum Gasteiger partial charge on any atom is 0.220 e. The quantitative estimate of drug-likeness (QED) is 0.507. The van der Waals surface area contributed by atoms with Gasteiger partial charge in [-0.05, 0) is 18.6 Å². The van der Waals surface area contributed by atoms with E-state index in [1.807, 2.05) is 17.1 Å². The molecule has 0 unspecified atom stereocenters. The highest BCUT2D eigenvalue weighted by atomic mass is 32.2. The van der Waals surface area contributed by atoms with Crippen LogP contribution < -0.4 is 10.2 Å². The molecule has 1 N–H and O–H groups in total. The van der Waals surface area contributed by atoms with E-state index in [0.717, 1.165) is 47.4 Å². The zero-order chi connectivity index (χ0) is 20.8. The second kappa shape index (κ2) is 10.4. The van der Waals surface area contributed by atoms with Crippen molar-refractivity contribution in [2.24, 2.45) is 5.92 Å². The number of ether oxygens (including phenoxy) is 1. The van der Waals surface area contributed by atoms with E-state index in [4.69, 9.17) is 9.72 Å². The number of rotatable bonds is 8. The van der Waals surface area contributed by atoms with Crippen molar-refractivity contribution in [2.45, 2.75) is 56.6 Å². The molecular formula is C21H32N6O2S. The van der Waals surface area contributed by atoms with Crippen LogP contribution in [0, 0.1) is 5.92 Å². The first-order chi connectivity index (χ1) is 14.7. The molecular weight excluding hydrogens is 400 g/mol. The second-order valence-corrected chi connectivity index (χ2v) is 8.90. The summed E-state index contributed by atoms with van der Waals surface area (Å²) in [6, 6.07) is 0.